The van der Waals surface area contributed by atoms with Crippen LogP contribution in [0.4, 0.5) is 11.4 Å². The maximum atomic E-state index is 12.3. The van der Waals surface area contributed by atoms with Crippen LogP contribution in [-0.2, 0) is 9.59 Å². The summed E-state index contributed by atoms with van der Waals surface area (Å²) in [6, 6.07) is 12.9. The van der Waals surface area contributed by atoms with Gasteiger partial charge in [-0.1, -0.05) is 17.7 Å². The second-order valence-corrected chi connectivity index (χ2v) is 6.85. The van der Waals surface area contributed by atoms with Gasteiger partial charge in [-0.2, -0.15) is 0 Å². The predicted octanol–water partition coefficient (Wildman–Crippen LogP) is 2.67. The van der Waals surface area contributed by atoms with Gasteiger partial charge in [0.2, 0.25) is 11.8 Å². The molecule has 7 heteroatoms. The van der Waals surface area contributed by atoms with E-state index in [2.05, 4.69) is 10.6 Å². The molecule has 1 heterocycles. The molecule has 0 spiro atoms. The summed E-state index contributed by atoms with van der Waals surface area (Å²) in [6.07, 6.45) is 0.825. The number of carbonyl (C=O) groups is 2. The van der Waals surface area contributed by atoms with Gasteiger partial charge in [-0.3, -0.25) is 14.5 Å². The first-order valence-electron chi connectivity index (χ1n) is 9.24. The lowest BCUT2D eigenvalue weighted by Crippen LogP contribution is -2.36. The van der Waals surface area contributed by atoms with Gasteiger partial charge in [0.15, 0.2) is 11.5 Å². The van der Waals surface area contributed by atoms with E-state index < -0.39 is 0 Å². The van der Waals surface area contributed by atoms with E-state index in [1.807, 2.05) is 31.2 Å². The van der Waals surface area contributed by atoms with Crippen molar-refractivity contribution in [1.82, 2.24) is 4.90 Å². The highest BCUT2D eigenvalue weighted by atomic mass is 16.5. The summed E-state index contributed by atoms with van der Waals surface area (Å²) in [4.78, 5) is 26.1. The number of carbonyl (C=O) groups excluding carboxylic acids is 2. The maximum Gasteiger partial charge on any atom is 0.238 e. The fourth-order valence-electron chi connectivity index (χ4n) is 2.83. The van der Waals surface area contributed by atoms with Crippen LogP contribution in [0.3, 0.4) is 0 Å². The lowest BCUT2D eigenvalue weighted by atomic mass is 10.2. The zero-order chi connectivity index (χ0) is 19.9. The molecular formula is C21H25N3O4. The van der Waals surface area contributed by atoms with Gasteiger partial charge in [0.05, 0.1) is 26.3 Å². The summed E-state index contributed by atoms with van der Waals surface area (Å²) in [5.74, 6) is 0.927. The monoisotopic (exact) mass is 383 g/mol. The number of ether oxygens (including phenoxy) is 2. The smallest absolute Gasteiger partial charge is 0.238 e. The third kappa shape index (κ3) is 5.72. The third-order valence-electron chi connectivity index (χ3n) is 4.19. The first kappa shape index (κ1) is 19.7. The Kier molecular flexibility index (Phi) is 6.49. The second kappa shape index (κ2) is 9.23. The highest BCUT2D eigenvalue weighted by Crippen LogP contribution is 2.32. The Hall–Kier alpha value is -3.06. The minimum absolute atomic E-state index is 0.0930. The lowest BCUT2D eigenvalue weighted by Gasteiger charge is -2.16. The molecule has 0 saturated heterocycles. The number of anilines is 2. The Balaban J connectivity index is 1.48. The van der Waals surface area contributed by atoms with Gasteiger partial charge in [-0.25, -0.2) is 0 Å². The van der Waals surface area contributed by atoms with Crippen molar-refractivity contribution in [3.63, 3.8) is 0 Å². The van der Waals surface area contributed by atoms with E-state index in [1.165, 1.54) is 0 Å². The number of hydrogen-bond acceptors (Lipinski definition) is 5. The molecule has 28 heavy (non-hydrogen) atoms. The van der Waals surface area contributed by atoms with Crippen LogP contribution >= 0.6 is 0 Å². The van der Waals surface area contributed by atoms with Gasteiger partial charge in [0.1, 0.15) is 0 Å². The number of nitrogens with one attached hydrogen (secondary N) is 2. The summed E-state index contributed by atoms with van der Waals surface area (Å²) < 4.78 is 11.2. The number of fused-ring (bicyclic) bond motifs is 1. The summed E-state index contributed by atoms with van der Waals surface area (Å²) in [7, 11) is 1.72. The fourth-order valence-corrected chi connectivity index (χ4v) is 2.83. The third-order valence-corrected chi connectivity index (χ3v) is 4.19. The molecule has 2 amide bonds. The molecule has 2 N–H and O–H groups in total. The van der Waals surface area contributed by atoms with Crippen LogP contribution in [-0.4, -0.2) is 50.1 Å². The van der Waals surface area contributed by atoms with Crippen molar-refractivity contribution < 1.29 is 19.1 Å². The number of amides is 2. The van der Waals surface area contributed by atoms with Gasteiger partial charge >= 0.3 is 0 Å². The molecule has 148 valence electrons. The second-order valence-electron chi connectivity index (χ2n) is 6.85. The van der Waals surface area contributed by atoms with Crippen molar-refractivity contribution in [3.05, 3.63) is 48.0 Å². The Morgan fingerprint density at radius 2 is 1.46 bits per heavy atom. The van der Waals surface area contributed by atoms with Crippen molar-refractivity contribution in [2.75, 3.05) is 44.0 Å². The van der Waals surface area contributed by atoms with Gasteiger partial charge in [-0.05, 0) is 38.2 Å². The normalized spacial score (nSPS) is 13.0. The van der Waals surface area contributed by atoms with Crippen LogP contribution in [0.25, 0.3) is 0 Å². The Morgan fingerprint density at radius 1 is 0.893 bits per heavy atom. The van der Waals surface area contributed by atoms with Crippen molar-refractivity contribution in [1.29, 1.82) is 0 Å². The molecule has 2 aromatic rings. The minimum atomic E-state index is -0.208. The van der Waals surface area contributed by atoms with Crippen molar-refractivity contribution >= 4 is 23.2 Å². The molecule has 0 fully saturated rings. The van der Waals surface area contributed by atoms with Gasteiger partial charge in [0.25, 0.3) is 0 Å². The number of aryl methyl sites for hydroxylation is 1. The highest BCUT2D eigenvalue weighted by molar-refractivity contribution is 5.94. The van der Waals surface area contributed by atoms with Crippen molar-refractivity contribution in [3.8, 4) is 11.5 Å². The molecule has 7 nitrogen and oxygen atoms in total. The summed E-state index contributed by atoms with van der Waals surface area (Å²) in [6.45, 7) is 3.40. The van der Waals surface area contributed by atoms with Crippen LogP contribution in [0.1, 0.15) is 12.0 Å². The van der Waals surface area contributed by atoms with Gasteiger partial charge in [-0.15, -0.1) is 0 Å². The summed E-state index contributed by atoms with van der Waals surface area (Å²) in [5, 5.41) is 5.64. The molecule has 0 aliphatic carbocycles. The number of benzene rings is 2. The molecule has 3 rings (SSSR count). The predicted molar refractivity (Wildman–Crippen MR) is 108 cm³/mol. The first-order chi connectivity index (χ1) is 13.5. The molecular weight excluding hydrogens is 358 g/mol. The molecule has 0 atom stereocenters. The van der Waals surface area contributed by atoms with Crippen LogP contribution in [0, 0.1) is 6.92 Å². The molecule has 0 aromatic heterocycles. The van der Waals surface area contributed by atoms with Crippen LogP contribution in [0.5, 0.6) is 11.5 Å². The van der Waals surface area contributed by atoms with Crippen molar-refractivity contribution in [2.45, 2.75) is 13.3 Å². The van der Waals surface area contributed by atoms with E-state index in [0.29, 0.717) is 30.4 Å². The first-order valence-corrected chi connectivity index (χ1v) is 9.24. The minimum Gasteiger partial charge on any atom is -0.490 e. The van der Waals surface area contributed by atoms with E-state index >= 15 is 0 Å². The number of rotatable bonds is 6. The molecule has 2 aromatic carbocycles. The molecule has 0 saturated carbocycles. The lowest BCUT2D eigenvalue weighted by molar-refractivity contribution is -0.119. The van der Waals surface area contributed by atoms with Crippen LogP contribution in [0.15, 0.2) is 42.5 Å². The zero-order valence-corrected chi connectivity index (χ0v) is 16.2. The molecule has 1 aliphatic heterocycles. The molecule has 0 unspecified atom stereocenters. The number of likely N-dealkylation sites (N-methyl/N-ethyl adjacent to an activating group) is 1. The average Bonchev–Trinajstić information content (AvgIpc) is 2.88. The largest absolute Gasteiger partial charge is 0.490 e. The number of nitrogens with zero attached hydrogens (tertiary/aromatic N) is 1. The Bertz CT molecular complexity index is 836. The fraction of sp³-hybridized carbons (Fsp3) is 0.333. The summed E-state index contributed by atoms with van der Waals surface area (Å²) in [5.41, 5.74) is 2.49. The van der Waals surface area contributed by atoms with E-state index in [1.54, 1.807) is 30.1 Å². The van der Waals surface area contributed by atoms with Gasteiger partial charge < -0.3 is 20.1 Å². The van der Waals surface area contributed by atoms with Crippen LogP contribution in [0.2, 0.25) is 0 Å². The Labute approximate surface area is 164 Å². The van der Waals surface area contributed by atoms with Crippen molar-refractivity contribution in [2.24, 2.45) is 0 Å². The zero-order valence-electron chi connectivity index (χ0n) is 16.2. The standard InChI is InChI=1S/C21H25N3O4/c1-15-4-6-16(7-5-15)22-20(25)13-24(2)14-21(26)23-17-8-9-18-19(12-17)28-11-3-10-27-18/h4-9,12H,3,10-11,13-14H2,1-2H3,(H,22,25)(H,23,26). The quantitative estimate of drug-likeness (QED) is 0.802. The topological polar surface area (TPSA) is 79.9 Å². The Morgan fingerprint density at radius 3 is 2.14 bits per heavy atom. The maximum absolute atomic E-state index is 12.3. The molecule has 1 aliphatic rings. The van der Waals surface area contributed by atoms with E-state index in [4.69, 9.17) is 9.47 Å². The van der Waals surface area contributed by atoms with Crippen LogP contribution < -0.4 is 20.1 Å². The van der Waals surface area contributed by atoms with E-state index in [9.17, 15) is 9.59 Å². The average molecular weight is 383 g/mol. The van der Waals surface area contributed by atoms with E-state index in [0.717, 1.165) is 17.7 Å². The molecule has 0 radical (unpaired) electrons. The highest BCUT2D eigenvalue weighted by Gasteiger charge is 2.14. The SMILES string of the molecule is Cc1ccc(NC(=O)CN(C)CC(=O)Nc2ccc3c(c2)OCCCO3)cc1. The summed E-state index contributed by atoms with van der Waals surface area (Å²) >= 11 is 0. The molecule has 0 bridgehead atoms. The number of hydrogen-bond donors (Lipinski definition) is 2. The van der Waals surface area contributed by atoms with Gasteiger partial charge in [0, 0.05) is 23.9 Å². The van der Waals surface area contributed by atoms with E-state index in [-0.39, 0.29) is 24.9 Å².